The molecule has 0 saturated carbocycles. The van der Waals surface area contributed by atoms with Gasteiger partial charge in [0.2, 0.25) is 11.8 Å². The minimum Gasteiger partial charge on any atom is -0.490 e. The highest BCUT2D eigenvalue weighted by Gasteiger charge is 2.51. The average molecular weight is 1240 g/mol. The molecule has 0 spiro atoms. The number of benzene rings is 2. The van der Waals surface area contributed by atoms with E-state index in [0.717, 1.165) is 11.1 Å². The summed E-state index contributed by atoms with van der Waals surface area (Å²) in [7, 11) is -1.41. The molecule has 2 aliphatic rings. The molecule has 88 heavy (non-hydrogen) atoms. The number of halogens is 1. The lowest BCUT2D eigenvalue weighted by atomic mass is 9.86. The van der Waals surface area contributed by atoms with Gasteiger partial charge in [0.1, 0.15) is 24.3 Å². The monoisotopic (exact) mass is 1240 g/mol. The molecular formula is C72H96ClN3O11Si. The van der Waals surface area contributed by atoms with Crippen molar-refractivity contribution in [2.75, 3.05) is 13.7 Å². The van der Waals surface area contributed by atoms with Gasteiger partial charge in [0, 0.05) is 41.4 Å². The number of esters is 3. The van der Waals surface area contributed by atoms with Crippen LogP contribution in [-0.2, 0) is 52.1 Å². The number of hydrogen-bond donors (Lipinski definition) is 3. The van der Waals surface area contributed by atoms with Gasteiger partial charge in [-0.15, -0.1) is 6.58 Å². The lowest BCUT2D eigenvalue weighted by Crippen LogP contribution is -2.67. The molecule has 2 aromatic rings. The quantitative estimate of drug-likeness (QED) is 0.0126. The molecule has 476 valence electrons. The van der Waals surface area contributed by atoms with Crippen LogP contribution in [0.4, 0.5) is 0 Å². The van der Waals surface area contributed by atoms with Crippen molar-refractivity contribution in [1.82, 2.24) is 16.0 Å². The van der Waals surface area contributed by atoms with E-state index in [1.807, 2.05) is 125 Å². The first kappa shape index (κ1) is 74.7. The number of carbonyl (C=O) groups excluding carboxylic acids is 6. The molecule has 2 aliphatic heterocycles. The summed E-state index contributed by atoms with van der Waals surface area (Å²) in [6.07, 6.45) is 27.0. The van der Waals surface area contributed by atoms with Gasteiger partial charge in [-0.1, -0.05) is 226 Å². The van der Waals surface area contributed by atoms with E-state index < -0.39 is 49.1 Å². The first-order valence-electron chi connectivity index (χ1n) is 30.0. The zero-order chi connectivity index (χ0) is 65.8. The van der Waals surface area contributed by atoms with Crippen molar-refractivity contribution in [3.05, 3.63) is 180 Å². The number of nitrogens with one attached hydrogen (secondary N) is 3. The molecule has 2 heterocycles. The third-order valence-electron chi connectivity index (χ3n) is 14.5. The number of carbonyl (C=O) groups is 6. The van der Waals surface area contributed by atoms with Crippen LogP contribution in [0.1, 0.15) is 136 Å². The van der Waals surface area contributed by atoms with Crippen molar-refractivity contribution >= 4 is 65.9 Å². The van der Waals surface area contributed by atoms with Gasteiger partial charge in [0.25, 0.3) is 14.2 Å². The molecule has 0 radical (unpaired) electrons. The van der Waals surface area contributed by atoms with E-state index in [1.165, 1.54) is 23.6 Å². The smallest absolute Gasteiger partial charge is 0.373 e. The van der Waals surface area contributed by atoms with Gasteiger partial charge in [-0.2, -0.15) is 0 Å². The summed E-state index contributed by atoms with van der Waals surface area (Å²) < 4.78 is 28.5. The Balaban J connectivity index is 0.000000536. The topological polar surface area (TPSA) is 185 Å². The SMILES string of the molecule is C=CCCOC(=O)C(NC(=O)C=CC=CC(C)=CC(C)C1CC=C(C)C(=O)O1)C(C)(C)C.COC1=CCC(C(C)C=C(C)C=CC#CC(=O)NC(C(=O)NC=CCC(CC=C(C)Cl)O[Si](c2ccccc2)(c2ccccc2)C(C)(C)C)C(C)(C)C)OC1=O. The molecule has 7 atom stereocenters. The van der Waals surface area contributed by atoms with Crippen LogP contribution in [0.25, 0.3) is 0 Å². The van der Waals surface area contributed by atoms with Crippen LogP contribution < -0.4 is 26.3 Å². The van der Waals surface area contributed by atoms with Crippen LogP contribution >= 0.6 is 11.6 Å². The fourth-order valence-corrected chi connectivity index (χ4v) is 14.5. The maximum Gasteiger partial charge on any atom is 0.373 e. The Morgan fingerprint density at radius 2 is 1.31 bits per heavy atom. The van der Waals surface area contributed by atoms with Crippen LogP contribution in [0.3, 0.4) is 0 Å². The van der Waals surface area contributed by atoms with Crippen LogP contribution in [0.2, 0.25) is 5.04 Å². The number of rotatable bonds is 25. The van der Waals surface area contributed by atoms with Gasteiger partial charge in [-0.25, -0.2) is 14.4 Å². The van der Waals surface area contributed by atoms with Crippen LogP contribution in [0.15, 0.2) is 180 Å². The van der Waals surface area contributed by atoms with Gasteiger partial charge >= 0.3 is 17.9 Å². The third-order valence-corrected chi connectivity index (χ3v) is 19.8. The first-order valence-corrected chi connectivity index (χ1v) is 32.3. The molecule has 0 aliphatic carbocycles. The van der Waals surface area contributed by atoms with Crippen LogP contribution in [0.5, 0.6) is 0 Å². The van der Waals surface area contributed by atoms with Crippen LogP contribution in [0, 0.1) is 34.5 Å². The highest BCUT2D eigenvalue weighted by molar-refractivity contribution is 6.99. The number of ether oxygens (including phenoxy) is 4. The number of methoxy groups -OCH3 is 1. The Labute approximate surface area is 530 Å². The fraction of sp³-hybridized carbons (Fsp3) is 0.444. The summed E-state index contributed by atoms with van der Waals surface area (Å²) in [5.41, 5.74) is 1.45. The highest BCUT2D eigenvalue weighted by atomic mass is 35.5. The lowest BCUT2D eigenvalue weighted by molar-refractivity contribution is -0.151. The van der Waals surface area contributed by atoms with Gasteiger partial charge in [-0.3, -0.25) is 14.4 Å². The normalized spacial score (nSPS) is 18.0. The number of allylic oxidation sites excluding steroid dienone is 8. The molecule has 2 aromatic carbocycles. The van der Waals surface area contributed by atoms with Gasteiger partial charge in [0.05, 0.1) is 19.8 Å². The second kappa shape index (κ2) is 36.1. The highest BCUT2D eigenvalue weighted by Crippen LogP contribution is 2.38. The van der Waals surface area contributed by atoms with E-state index in [2.05, 4.69) is 104 Å². The minimum atomic E-state index is -2.85. The average Bonchev–Trinajstić information content (AvgIpc) is 1.29. The van der Waals surface area contributed by atoms with Crippen molar-refractivity contribution in [3.8, 4) is 11.8 Å². The molecule has 0 saturated heterocycles. The molecule has 4 rings (SSSR count). The fourth-order valence-electron chi connectivity index (χ4n) is 9.66. The Bertz CT molecular complexity index is 3000. The van der Waals surface area contributed by atoms with E-state index in [1.54, 1.807) is 49.6 Å². The maximum atomic E-state index is 13.5. The van der Waals surface area contributed by atoms with Gasteiger partial charge in [-0.05, 0) is 97.5 Å². The predicted octanol–water partition coefficient (Wildman–Crippen LogP) is 12.6. The molecule has 16 heteroatoms. The van der Waals surface area contributed by atoms with Crippen LogP contribution in [-0.4, -0.2) is 88.1 Å². The summed E-state index contributed by atoms with van der Waals surface area (Å²) in [6.45, 7) is 33.2. The molecule has 7 unspecified atom stereocenters. The summed E-state index contributed by atoms with van der Waals surface area (Å²) in [4.78, 5) is 74.7. The summed E-state index contributed by atoms with van der Waals surface area (Å²) in [6, 6.07) is 19.3. The Morgan fingerprint density at radius 3 is 1.82 bits per heavy atom. The predicted molar refractivity (Wildman–Crippen MR) is 356 cm³/mol. The summed E-state index contributed by atoms with van der Waals surface area (Å²) >= 11 is 6.32. The largest absolute Gasteiger partial charge is 0.490 e. The zero-order valence-electron chi connectivity index (χ0n) is 54.7. The second-order valence-electron chi connectivity index (χ2n) is 25.3. The molecule has 0 fully saturated rings. The first-order chi connectivity index (χ1) is 41.3. The Hall–Kier alpha value is -7.51. The standard InChI is InChI=1S/C46H59ClN2O6Si.C26H37NO5/c1-33(32-34(2)39-29-30-40(53-10)44(52)54-39)20-17-18-26-41(50)49-42(45(4,5)6)43(51)48-31-19-21-36(28-27-35(3)47)55-56(46(7,8)9,37-22-13-11-14-23-37)38-24-15-12-16-25-38;1-8-9-16-31-25(30)23(26(5,6)7)27-22(28)13-11-10-12-18(2)17-20(4)21-15-14-19(3)24(29)32-21/h11-17,19-20,22-25,27,30-32,34,36,39,42H,21,28-29H2,1-10H3,(H,48,51)(H,49,50);8,10-14,17,20-21,23H,1,9,15-16H2,2-7H3,(H,27,28). The Kier molecular flexibility index (Phi) is 30.6. The van der Waals surface area contributed by atoms with Crippen molar-refractivity contribution in [2.45, 2.75) is 171 Å². The van der Waals surface area contributed by atoms with Crippen molar-refractivity contribution < 1.29 is 52.1 Å². The van der Waals surface area contributed by atoms with Gasteiger partial charge < -0.3 is 39.3 Å². The molecular weight excluding hydrogens is 1150 g/mol. The summed E-state index contributed by atoms with van der Waals surface area (Å²) in [5, 5.41) is 11.2. The number of cyclic esters (lactones) is 2. The second-order valence-corrected chi connectivity index (χ2v) is 30.1. The van der Waals surface area contributed by atoms with E-state index in [0.29, 0.717) is 42.7 Å². The number of hydrogen-bond acceptors (Lipinski definition) is 11. The Morgan fingerprint density at radius 1 is 0.761 bits per heavy atom. The molecule has 3 N–H and O–H groups in total. The molecule has 0 bridgehead atoms. The van der Waals surface area contributed by atoms with E-state index in [4.69, 9.17) is 35.0 Å². The van der Waals surface area contributed by atoms with Crippen molar-refractivity contribution in [2.24, 2.45) is 22.7 Å². The van der Waals surface area contributed by atoms with E-state index in [9.17, 15) is 28.8 Å². The zero-order valence-corrected chi connectivity index (χ0v) is 56.5. The lowest BCUT2D eigenvalue weighted by Gasteiger charge is -2.45. The maximum absolute atomic E-state index is 13.5. The van der Waals surface area contributed by atoms with Crippen molar-refractivity contribution in [1.29, 1.82) is 0 Å². The van der Waals surface area contributed by atoms with E-state index in [-0.39, 0.29) is 65.3 Å². The molecule has 14 nitrogen and oxygen atoms in total. The number of amides is 3. The molecule has 3 amide bonds. The van der Waals surface area contributed by atoms with Gasteiger partial charge in [0.15, 0.2) is 5.76 Å². The van der Waals surface area contributed by atoms with E-state index >= 15 is 0 Å². The van der Waals surface area contributed by atoms with Crippen molar-refractivity contribution in [3.63, 3.8) is 0 Å². The minimum absolute atomic E-state index is 0.0396. The summed E-state index contributed by atoms with van der Waals surface area (Å²) in [5.74, 6) is 3.08. The molecule has 0 aromatic heterocycles. The third kappa shape index (κ3) is 24.9.